The second-order valence-electron chi connectivity index (χ2n) is 6.76. The Bertz CT molecular complexity index is 540. The third-order valence-corrected chi connectivity index (χ3v) is 4.17. The summed E-state index contributed by atoms with van der Waals surface area (Å²) < 4.78 is 0. The first-order valence-corrected chi connectivity index (χ1v) is 8.43. The first-order chi connectivity index (χ1) is 11.0. The van der Waals surface area contributed by atoms with Crippen LogP contribution in [-0.2, 0) is 4.79 Å². The molecule has 1 aliphatic rings. The lowest BCUT2D eigenvalue weighted by atomic mass is 10.0. The fourth-order valence-electron chi connectivity index (χ4n) is 2.89. The summed E-state index contributed by atoms with van der Waals surface area (Å²) in [5.41, 5.74) is 7.13. The molecule has 1 aromatic rings. The Morgan fingerprint density at radius 1 is 1.17 bits per heavy atom. The van der Waals surface area contributed by atoms with E-state index in [2.05, 4.69) is 10.6 Å². The highest BCUT2D eigenvalue weighted by Crippen LogP contribution is 2.18. The molecule has 0 bridgehead atoms. The summed E-state index contributed by atoms with van der Waals surface area (Å²) in [5.74, 6) is 0.130. The highest BCUT2D eigenvalue weighted by atomic mass is 35.5. The van der Waals surface area contributed by atoms with Crippen LogP contribution in [0.2, 0.25) is 0 Å². The van der Waals surface area contributed by atoms with Crippen molar-refractivity contribution < 1.29 is 9.59 Å². The fraction of sp³-hybridized carbons (Fsp3) is 0.556. The summed E-state index contributed by atoms with van der Waals surface area (Å²) in [7, 11) is 0. The zero-order valence-corrected chi connectivity index (χ0v) is 15.2. The van der Waals surface area contributed by atoms with Gasteiger partial charge in [-0.3, -0.25) is 9.59 Å². The standard InChI is InChI=1S/C18H27N3O2.ClH/c1-12(2)11-16(19)18(23)21-15-9-7-13(8-10-15)17(22)20-14-5-3-4-6-14;/h7-10,12,14,16H,3-6,11,19H2,1-2H3,(H,20,22)(H,21,23);1H/t16-;/m0./s1. The molecule has 4 N–H and O–H groups in total. The predicted molar refractivity (Wildman–Crippen MR) is 99.5 cm³/mol. The van der Waals surface area contributed by atoms with Gasteiger partial charge in [-0.25, -0.2) is 0 Å². The Labute approximate surface area is 150 Å². The van der Waals surface area contributed by atoms with Crippen molar-refractivity contribution in [3.8, 4) is 0 Å². The molecule has 2 amide bonds. The van der Waals surface area contributed by atoms with E-state index in [-0.39, 0.29) is 24.2 Å². The van der Waals surface area contributed by atoms with Crippen LogP contribution >= 0.6 is 12.4 Å². The van der Waals surface area contributed by atoms with Gasteiger partial charge in [0.2, 0.25) is 5.91 Å². The number of benzene rings is 1. The van der Waals surface area contributed by atoms with Crippen molar-refractivity contribution >= 4 is 29.9 Å². The van der Waals surface area contributed by atoms with Gasteiger partial charge in [-0.2, -0.15) is 0 Å². The highest BCUT2D eigenvalue weighted by molar-refractivity contribution is 5.97. The van der Waals surface area contributed by atoms with Crippen molar-refractivity contribution in [3.05, 3.63) is 29.8 Å². The highest BCUT2D eigenvalue weighted by Gasteiger charge is 2.18. The minimum atomic E-state index is -0.514. The molecule has 1 atom stereocenters. The van der Waals surface area contributed by atoms with Crippen molar-refractivity contribution in [2.24, 2.45) is 11.7 Å². The molecule has 24 heavy (non-hydrogen) atoms. The number of anilines is 1. The van der Waals surface area contributed by atoms with E-state index >= 15 is 0 Å². The molecule has 1 saturated carbocycles. The van der Waals surface area contributed by atoms with Crippen LogP contribution in [0.3, 0.4) is 0 Å². The monoisotopic (exact) mass is 353 g/mol. The van der Waals surface area contributed by atoms with Gasteiger partial charge in [-0.05, 0) is 49.4 Å². The van der Waals surface area contributed by atoms with E-state index in [1.165, 1.54) is 12.8 Å². The molecule has 0 saturated heterocycles. The van der Waals surface area contributed by atoms with Gasteiger partial charge in [-0.1, -0.05) is 26.7 Å². The lowest BCUT2D eigenvalue weighted by molar-refractivity contribution is -0.117. The van der Waals surface area contributed by atoms with Gasteiger partial charge in [0.1, 0.15) is 0 Å². The Morgan fingerprint density at radius 3 is 2.29 bits per heavy atom. The van der Waals surface area contributed by atoms with Crippen LogP contribution in [0.1, 0.15) is 56.3 Å². The van der Waals surface area contributed by atoms with Gasteiger partial charge in [0, 0.05) is 17.3 Å². The number of carbonyl (C=O) groups is 2. The second-order valence-corrected chi connectivity index (χ2v) is 6.76. The van der Waals surface area contributed by atoms with E-state index in [0.29, 0.717) is 29.6 Å². The summed E-state index contributed by atoms with van der Waals surface area (Å²) in [4.78, 5) is 24.1. The molecule has 1 fully saturated rings. The van der Waals surface area contributed by atoms with Gasteiger partial charge in [0.05, 0.1) is 6.04 Å². The van der Waals surface area contributed by atoms with Crippen LogP contribution < -0.4 is 16.4 Å². The van der Waals surface area contributed by atoms with Crippen LogP contribution in [0, 0.1) is 5.92 Å². The Morgan fingerprint density at radius 2 is 1.75 bits per heavy atom. The Balaban J connectivity index is 0.00000288. The third-order valence-electron chi connectivity index (χ3n) is 4.17. The van der Waals surface area contributed by atoms with Gasteiger partial charge in [0.15, 0.2) is 0 Å². The van der Waals surface area contributed by atoms with E-state index in [9.17, 15) is 9.59 Å². The van der Waals surface area contributed by atoms with E-state index < -0.39 is 6.04 Å². The van der Waals surface area contributed by atoms with Gasteiger partial charge in [-0.15, -0.1) is 12.4 Å². The normalized spacial score (nSPS) is 15.7. The summed E-state index contributed by atoms with van der Waals surface area (Å²) >= 11 is 0. The molecule has 1 aromatic carbocycles. The van der Waals surface area contributed by atoms with E-state index in [1.807, 2.05) is 13.8 Å². The number of hydrogen-bond acceptors (Lipinski definition) is 3. The number of nitrogens with one attached hydrogen (secondary N) is 2. The zero-order valence-electron chi connectivity index (χ0n) is 14.4. The number of rotatable bonds is 6. The maximum Gasteiger partial charge on any atom is 0.251 e. The zero-order chi connectivity index (χ0) is 16.8. The summed E-state index contributed by atoms with van der Waals surface area (Å²) in [6.45, 7) is 4.07. The maximum atomic E-state index is 12.1. The molecular weight excluding hydrogens is 326 g/mol. The molecule has 6 heteroatoms. The van der Waals surface area contributed by atoms with E-state index in [0.717, 1.165) is 12.8 Å². The summed E-state index contributed by atoms with van der Waals surface area (Å²) in [6.07, 6.45) is 5.15. The minimum Gasteiger partial charge on any atom is -0.349 e. The predicted octanol–water partition coefficient (Wildman–Crippen LogP) is 3.09. The van der Waals surface area contributed by atoms with Crippen molar-refractivity contribution in [1.29, 1.82) is 0 Å². The topological polar surface area (TPSA) is 84.2 Å². The van der Waals surface area contributed by atoms with Gasteiger partial charge in [0.25, 0.3) is 5.91 Å². The molecule has 0 heterocycles. The van der Waals surface area contributed by atoms with Crippen LogP contribution in [-0.4, -0.2) is 23.9 Å². The van der Waals surface area contributed by atoms with Gasteiger partial charge >= 0.3 is 0 Å². The molecule has 0 aliphatic heterocycles. The largest absolute Gasteiger partial charge is 0.349 e. The van der Waals surface area contributed by atoms with Crippen LogP contribution in [0.5, 0.6) is 0 Å². The second kappa shape index (κ2) is 9.64. The molecule has 134 valence electrons. The van der Waals surface area contributed by atoms with E-state index in [4.69, 9.17) is 5.73 Å². The van der Waals surface area contributed by atoms with Crippen LogP contribution in [0.25, 0.3) is 0 Å². The molecule has 0 radical (unpaired) electrons. The third kappa shape index (κ3) is 6.13. The number of carbonyl (C=O) groups excluding carboxylic acids is 2. The number of halogens is 1. The number of hydrogen-bond donors (Lipinski definition) is 3. The van der Waals surface area contributed by atoms with Crippen molar-refractivity contribution in [3.63, 3.8) is 0 Å². The van der Waals surface area contributed by atoms with Crippen molar-refractivity contribution in [2.45, 2.75) is 58.0 Å². The molecule has 0 spiro atoms. The number of amides is 2. The molecule has 5 nitrogen and oxygen atoms in total. The summed E-state index contributed by atoms with van der Waals surface area (Å²) in [5, 5.41) is 5.84. The van der Waals surface area contributed by atoms with Crippen molar-refractivity contribution in [1.82, 2.24) is 5.32 Å². The minimum absolute atomic E-state index is 0. The molecule has 0 aromatic heterocycles. The SMILES string of the molecule is CC(C)C[C@H](N)C(=O)Nc1ccc(C(=O)NC2CCCC2)cc1.Cl. The first kappa shape index (κ1) is 20.5. The Kier molecular flexibility index (Phi) is 8.22. The molecule has 1 aliphatic carbocycles. The Hall–Kier alpha value is -1.59. The van der Waals surface area contributed by atoms with Crippen LogP contribution in [0.15, 0.2) is 24.3 Å². The molecule has 0 unspecified atom stereocenters. The van der Waals surface area contributed by atoms with Crippen LogP contribution in [0.4, 0.5) is 5.69 Å². The lowest BCUT2D eigenvalue weighted by Gasteiger charge is -2.15. The quantitative estimate of drug-likeness (QED) is 0.734. The smallest absolute Gasteiger partial charge is 0.251 e. The molecular formula is C18H28ClN3O2. The fourth-order valence-corrected chi connectivity index (χ4v) is 2.89. The van der Waals surface area contributed by atoms with Gasteiger partial charge < -0.3 is 16.4 Å². The van der Waals surface area contributed by atoms with E-state index in [1.54, 1.807) is 24.3 Å². The average molecular weight is 354 g/mol. The maximum absolute atomic E-state index is 12.1. The van der Waals surface area contributed by atoms with Crippen molar-refractivity contribution in [2.75, 3.05) is 5.32 Å². The summed E-state index contributed by atoms with van der Waals surface area (Å²) in [6, 6.07) is 6.73. The lowest BCUT2D eigenvalue weighted by Crippen LogP contribution is -2.36. The number of nitrogens with two attached hydrogens (primary N) is 1. The molecule has 2 rings (SSSR count). The first-order valence-electron chi connectivity index (χ1n) is 8.43. The average Bonchev–Trinajstić information content (AvgIpc) is 3.00.